The van der Waals surface area contributed by atoms with Crippen molar-refractivity contribution >= 4 is 23.5 Å². The fourth-order valence-corrected chi connectivity index (χ4v) is 2.74. The largest absolute Gasteiger partial charge is 0.496 e. The number of amides is 1. The number of ether oxygens (including phenoxy) is 4. The highest BCUT2D eigenvalue weighted by Crippen LogP contribution is 2.34. The lowest BCUT2D eigenvalue weighted by atomic mass is 10.1. The zero-order valence-corrected chi connectivity index (χ0v) is 16.8. The molecule has 1 amide bonds. The number of halogens is 1. The number of rotatable bonds is 8. The maximum Gasteiger partial charge on any atom is 0.342 e. The van der Waals surface area contributed by atoms with E-state index in [1.54, 1.807) is 18.2 Å². The fraction of sp³-hybridized carbons (Fsp3) is 0.300. The lowest BCUT2D eigenvalue weighted by Crippen LogP contribution is -2.31. The van der Waals surface area contributed by atoms with Crippen LogP contribution in [0.1, 0.15) is 28.9 Å². The topological polar surface area (TPSA) is 83.1 Å². The predicted molar refractivity (Wildman–Crippen MR) is 104 cm³/mol. The Morgan fingerprint density at radius 1 is 1.00 bits per heavy atom. The fourth-order valence-electron chi connectivity index (χ4n) is 2.54. The van der Waals surface area contributed by atoms with Crippen molar-refractivity contribution in [3.8, 4) is 17.2 Å². The van der Waals surface area contributed by atoms with Crippen LogP contribution < -0.4 is 19.5 Å². The van der Waals surface area contributed by atoms with E-state index in [0.717, 1.165) is 5.56 Å². The van der Waals surface area contributed by atoms with Gasteiger partial charge in [0.2, 0.25) is 0 Å². The summed E-state index contributed by atoms with van der Waals surface area (Å²) in [7, 11) is 4.34. The molecule has 150 valence electrons. The Hall–Kier alpha value is -2.93. The van der Waals surface area contributed by atoms with E-state index >= 15 is 0 Å². The van der Waals surface area contributed by atoms with Crippen LogP contribution in [0.15, 0.2) is 36.4 Å². The van der Waals surface area contributed by atoms with Gasteiger partial charge in [-0.1, -0.05) is 23.7 Å². The normalized spacial score (nSPS) is 11.3. The third-order valence-corrected chi connectivity index (χ3v) is 4.22. The monoisotopic (exact) mass is 407 g/mol. The zero-order valence-electron chi connectivity index (χ0n) is 16.1. The summed E-state index contributed by atoms with van der Waals surface area (Å²) < 4.78 is 20.7. The van der Waals surface area contributed by atoms with Crippen molar-refractivity contribution in [2.45, 2.75) is 13.0 Å². The quantitative estimate of drug-likeness (QED) is 0.675. The second kappa shape index (κ2) is 9.85. The van der Waals surface area contributed by atoms with Gasteiger partial charge in [0.1, 0.15) is 11.3 Å². The summed E-state index contributed by atoms with van der Waals surface area (Å²) >= 11 is 5.96. The molecule has 0 heterocycles. The van der Waals surface area contributed by atoms with Crippen molar-refractivity contribution in [3.05, 3.63) is 52.5 Å². The van der Waals surface area contributed by atoms with Crippen LogP contribution in [0, 0.1) is 0 Å². The molecule has 8 heteroatoms. The summed E-state index contributed by atoms with van der Waals surface area (Å²) in [5.74, 6) is -0.169. The minimum Gasteiger partial charge on any atom is -0.496 e. The number of hydrogen-bond acceptors (Lipinski definition) is 6. The highest BCUT2D eigenvalue weighted by Gasteiger charge is 2.20. The second-order valence-electron chi connectivity index (χ2n) is 5.83. The van der Waals surface area contributed by atoms with Crippen LogP contribution in [0.3, 0.4) is 0 Å². The maximum absolute atomic E-state index is 12.4. The Balaban J connectivity index is 2.02. The number of methoxy groups -OCH3 is 3. The van der Waals surface area contributed by atoms with Gasteiger partial charge in [0.05, 0.1) is 27.4 Å². The zero-order chi connectivity index (χ0) is 20.7. The van der Waals surface area contributed by atoms with Crippen molar-refractivity contribution in [3.63, 3.8) is 0 Å². The lowest BCUT2D eigenvalue weighted by Gasteiger charge is -2.16. The number of carbonyl (C=O) groups excluding carboxylic acids is 2. The minimum absolute atomic E-state index is 0.121. The smallest absolute Gasteiger partial charge is 0.342 e. The molecule has 7 nitrogen and oxygen atoms in total. The van der Waals surface area contributed by atoms with Crippen molar-refractivity contribution in [2.24, 2.45) is 0 Å². The molecule has 0 fully saturated rings. The van der Waals surface area contributed by atoms with E-state index in [-0.39, 0.29) is 17.4 Å². The molecule has 2 aromatic carbocycles. The number of carbonyl (C=O) groups is 2. The first-order chi connectivity index (χ1) is 13.4. The van der Waals surface area contributed by atoms with E-state index in [1.165, 1.54) is 33.5 Å². The van der Waals surface area contributed by atoms with Gasteiger partial charge in [-0.25, -0.2) is 4.79 Å². The van der Waals surface area contributed by atoms with Crippen LogP contribution in [-0.4, -0.2) is 39.8 Å². The Bertz CT molecular complexity index is 855. The SMILES string of the molecule is COc1cc(OC)c(C(=O)OCC(=O)N[C@@H](C)c2cccc(Cl)c2)cc1OC. The van der Waals surface area contributed by atoms with Crippen LogP contribution in [0.5, 0.6) is 17.2 Å². The van der Waals surface area contributed by atoms with E-state index in [2.05, 4.69) is 5.32 Å². The molecular weight excluding hydrogens is 386 g/mol. The minimum atomic E-state index is -0.719. The molecule has 1 N–H and O–H groups in total. The Morgan fingerprint density at radius 3 is 2.25 bits per heavy atom. The van der Waals surface area contributed by atoms with E-state index in [0.29, 0.717) is 16.5 Å². The number of hydrogen-bond donors (Lipinski definition) is 1. The molecule has 2 aromatic rings. The first-order valence-corrected chi connectivity index (χ1v) is 8.79. The molecular formula is C20H22ClNO6. The van der Waals surface area contributed by atoms with Crippen LogP contribution in [0.25, 0.3) is 0 Å². The maximum atomic E-state index is 12.4. The summed E-state index contributed by atoms with van der Waals surface area (Å²) in [6, 6.07) is 9.80. The summed E-state index contributed by atoms with van der Waals surface area (Å²) in [5, 5.41) is 3.32. The molecule has 0 unspecified atom stereocenters. The van der Waals surface area contributed by atoms with E-state index in [1.807, 2.05) is 13.0 Å². The Labute approximate surface area is 168 Å². The van der Waals surface area contributed by atoms with Crippen molar-refractivity contribution < 1.29 is 28.5 Å². The van der Waals surface area contributed by atoms with Crippen molar-refractivity contribution in [1.82, 2.24) is 5.32 Å². The Morgan fingerprint density at radius 2 is 1.64 bits per heavy atom. The third-order valence-electron chi connectivity index (χ3n) is 3.99. The van der Waals surface area contributed by atoms with Gasteiger partial charge >= 0.3 is 5.97 Å². The van der Waals surface area contributed by atoms with Gasteiger partial charge in [0.15, 0.2) is 18.1 Å². The van der Waals surface area contributed by atoms with Gasteiger partial charge in [0, 0.05) is 17.2 Å². The van der Waals surface area contributed by atoms with Crippen molar-refractivity contribution in [1.29, 1.82) is 0 Å². The number of esters is 1. The van der Waals surface area contributed by atoms with E-state index in [9.17, 15) is 9.59 Å². The highest BCUT2D eigenvalue weighted by atomic mass is 35.5. The molecule has 0 aliphatic heterocycles. The van der Waals surface area contributed by atoms with Crippen LogP contribution in [-0.2, 0) is 9.53 Å². The van der Waals surface area contributed by atoms with E-state index < -0.39 is 18.5 Å². The average molecular weight is 408 g/mol. The second-order valence-corrected chi connectivity index (χ2v) is 6.26. The molecule has 0 saturated carbocycles. The molecule has 0 aliphatic rings. The van der Waals surface area contributed by atoms with Gasteiger partial charge in [-0.05, 0) is 24.6 Å². The van der Waals surface area contributed by atoms with Crippen molar-refractivity contribution in [2.75, 3.05) is 27.9 Å². The van der Waals surface area contributed by atoms with Crippen LogP contribution >= 0.6 is 11.6 Å². The first kappa shape index (κ1) is 21.4. The molecule has 28 heavy (non-hydrogen) atoms. The Kier molecular flexibility index (Phi) is 7.52. The predicted octanol–water partition coefficient (Wildman–Crippen LogP) is 3.40. The number of nitrogens with one attached hydrogen (secondary N) is 1. The lowest BCUT2D eigenvalue weighted by molar-refractivity contribution is -0.124. The number of benzene rings is 2. The van der Waals surface area contributed by atoms with Crippen LogP contribution in [0.4, 0.5) is 0 Å². The van der Waals surface area contributed by atoms with Gasteiger partial charge in [-0.15, -0.1) is 0 Å². The summed E-state index contributed by atoms with van der Waals surface area (Å²) in [5.41, 5.74) is 0.963. The third kappa shape index (κ3) is 5.29. The summed E-state index contributed by atoms with van der Waals surface area (Å²) in [6.07, 6.45) is 0. The van der Waals surface area contributed by atoms with Gasteiger partial charge in [0.25, 0.3) is 5.91 Å². The standard InChI is InChI=1S/C20H22ClNO6/c1-12(13-6-5-7-14(21)8-13)22-19(23)11-28-20(24)15-9-17(26-3)18(27-4)10-16(15)25-2/h5-10,12H,11H2,1-4H3,(H,22,23)/t12-/m0/s1. The highest BCUT2D eigenvalue weighted by molar-refractivity contribution is 6.30. The van der Waals surface area contributed by atoms with E-state index in [4.69, 9.17) is 30.5 Å². The van der Waals surface area contributed by atoms with Crippen LogP contribution in [0.2, 0.25) is 5.02 Å². The first-order valence-electron chi connectivity index (χ1n) is 8.41. The summed E-state index contributed by atoms with van der Waals surface area (Å²) in [4.78, 5) is 24.5. The average Bonchev–Trinajstić information content (AvgIpc) is 2.70. The molecule has 0 bridgehead atoms. The molecule has 0 radical (unpaired) electrons. The summed E-state index contributed by atoms with van der Waals surface area (Å²) in [6.45, 7) is 1.37. The molecule has 2 rings (SSSR count). The van der Waals surface area contributed by atoms with Gasteiger partial charge in [-0.2, -0.15) is 0 Å². The molecule has 0 spiro atoms. The molecule has 0 aromatic heterocycles. The molecule has 1 atom stereocenters. The molecule has 0 aliphatic carbocycles. The van der Waals surface area contributed by atoms with Gasteiger partial charge < -0.3 is 24.3 Å². The molecule has 0 saturated heterocycles. The van der Waals surface area contributed by atoms with Gasteiger partial charge in [-0.3, -0.25) is 4.79 Å².